The Kier molecular flexibility index (Phi) is 4.90. The topological polar surface area (TPSA) is 34.1 Å². The summed E-state index contributed by atoms with van der Waals surface area (Å²) < 4.78 is 0. The molecule has 22 heavy (non-hydrogen) atoms. The van der Waals surface area contributed by atoms with E-state index in [4.69, 9.17) is 0 Å². The summed E-state index contributed by atoms with van der Waals surface area (Å²) in [6.45, 7) is 13.2. The van der Waals surface area contributed by atoms with E-state index >= 15 is 0 Å². The largest absolute Gasteiger partial charge is 0.299 e. The first kappa shape index (κ1) is 17.7. The van der Waals surface area contributed by atoms with E-state index in [0.717, 1.165) is 25.7 Å². The number of ketones is 2. The third kappa shape index (κ3) is 2.90. The molecule has 0 aromatic carbocycles. The van der Waals surface area contributed by atoms with Gasteiger partial charge in [-0.1, -0.05) is 54.4 Å². The molecule has 0 unspecified atom stereocenters. The van der Waals surface area contributed by atoms with Crippen molar-refractivity contribution >= 4 is 11.6 Å². The molecule has 0 N–H and O–H groups in total. The van der Waals surface area contributed by atoms with Crippen LogP contribution in [0.5, 0.6) is 0 Å². The molecule has 0 saturated heterocycles. The molecule has 0 bridgehead atoms. The smallest absolute Gasteiger partial charge is 0.137 e. The van der Waals surface area contributed by atoms with E-state index in [0.29, 0.717) is 30.3 Å². The fraction of sp³-hybridized carbons (Fsp3) is 0.900. The van der Waals surface area contributed by atoms with Gasteiger partial charge in [-0.15, -0.1) is 0 Å². The van der Waals surface area contributed by atoms with E-state index in [9.17, 15) is 9.59 Å². The third-order valence-corrected chi connectivity index (χ3v) is 6.70. The molecule has 0 amide bonds. The molecule has 2 heteroatoms. The molecule has 2 nitrogen and oxygen atoms in total. The first-order valence-corrected chi connectivity index (χ1v) is 9.19. The number of hydrogen-bond acceptors (Lipinski definition) is 2. The van der Waals surface area contributed by atoms with Gasteiger partial charge in [0.2, 0.25) is 0 Å². The molecule has 2 fully saturated rings. The van der Waals surface area contributed by atoms with Crippen molar-refractivity contribution in [1.82, 2.24) is 0 Å². The first-order valence-electron chi connectivity index (χ1n) is 9.19. The van der Waals surface area contributed by atoms with Crippen molar-refractivity contribution in [3.05, 3.63) is 0 Å². The number of rotatable bonds is 4. The zero-order chi connectivity index (χ0) is 16.7. The minimum atomic E-state index is -0.124. The van der Waals surface area contributed by atoms with Crippen molar-refractivity contribution in [1.29, 1.82) is 0 Å². The Hall–Kier alpha value is -0.660. The monoisotopic (exact) mass is 306 g/mol. The van der Waals surface area contributed by atoms with E-state index in [1.54, 1.807) is 0 Å². The second-order valence-corrected chi connectivity index (χ2v) is 9.09. The van der Waals surface area contributed by atoms with Gasteiger partial charge in [0.25, 0.3) is 0 Å². The molecule has 2 rings (SSSR count). The Morgan fingerprint density at radius 3 is 2.50 bits per heavy atom. The second-order valence-electron chi connectivity index (χ2n) is 9.09. The molecule has 0 aliphatic heterocycles. The number of carbonyl (C=O) groups is 2. The lowest BCUT2D eigenvalue weighted by Gasteiger charge is -2.57. The third-order valence-electron chi connectivity index (χ3n) is 6.70. The quantitative estimate of drug-likeness (QED) is 0.728. The van der Waals surface area contributed by atoms with Crippen molar-refractivity contribution in [2.45, 2.75) is 80.1 Å². The summed E-state index contributed by atoms with van der Waals surface area (Å²) in [5.41, 5.74) is -0.0832. The number of Topliss-reactive ketones (excluding diaryl/α,β-unsaturated/α-hetero) is 2. The van der Waals surface area contributed by atoms with Gasteiger partial charge in [0, 0.05) is 24.7 Å². The minimum absolute atomic E-state index is 0.0408. The second kappa shape index (κ2) is 6.09. The van der Waals surface area contributed by atoms with Crippen LogP contribution in [0.3, 0.4) is 0 Å². The highest BCUT2D eigenvalue weighted by Crippen LogP contribution is 2.60. The lowest BCUT2D eigenvalue weighted by atomic mass is 9.45. The summed E-state index contributed by atoms with van der Waals surface area (Å²) in [6, 6.07) is 0. The van der Waals surface area contributed by atoms with Gasteiger partial charge in [0.05, 0.1) is 0 Å². The molecular weight excluding hydrogens is 272 g/mol. The molecule has 2 aliphatic carbocycles. The van der Waals surface area contributed by atoms with Gasteiger partial charge < -0.3 is 0 Å². The zero-order valence-electron chi connectivity index (χ0n) is 15.4. The molecule has 126 valence electrons. The fourth-order valence-corrected chi connectivity index (χ4v) is 5.75. The number of fused-ring (bicyclic) bond motifs is 1. The van der Waals surface area contributed by atoms with Gasteiger partial charge in [-0.3, -0.25) is 9.59 Å². The van der Waals surface area contributed by atoms with Crippen molar-refractivity contribution in [3.8, 4) is 0 Å². The summed E-state index contributed by atoms with van der Waals surface area (Å²) in [5.74, 6) is 1.63. The van der Waals surface area contributed by atoms with Gasteiger partial charge in [-0.2, -0.15) is 0 Å². The summed E-state index contributed by atoms with van der Waals surface area (Å²) in [4.78, 5) is 25.8. The van der Waals surface area contributed by atoms with Gasteiger partial charge in [-0.05, 0) is 35.5 Å². The maximum absolute atomic E-state index is 13.0. The highest BCUT2D eigenvalue weighted by atomic mass is 16.1. The molecular formula is C20H34O2. The molecule has 0 aromatic heterocycles. The normalized spacial score (nSPS) is 39.2. The number of carbonyl (C=O) groups excluding carboxylic acids is 2. The van der Waals surface area contributed by atoms with Crippen molar-refractivity contribution in [2.75, 3.05) is 0 Å². The average Bonchev–Trinajstić information content (AvgIpc) is 2.35. The molecule has 0 aromatic rings. The van der Waals surface area contributed by atoms with Crippen molar-refractivity contribution < 1.29 is 9.59 Å². The van der Waals surface area contributed by atoms with Crippen LogP contribution in [0.15, 0.2) is 0 Å². The number of hydrogen-bond donors (Lipinski definition) is 0. The van der Waals surface area contributed by atoms with E-state index in [1.165, 1.54) is 0 Å². The summed E-state index contributed by atoms with van der Waals surface area (Å²) in [7, 11) is 0. The Morgan fingerprint density at radius 2 is 1.91 bits per heavy atom. The lowest BCUT2D eigenvalue weighted by molar-refractivity contribution is -0.159. The highest BCUT2D eigenvalue weighted by Gasteiger charge is 2.59. The van der Waals surface area contributed by atoms with Crippen LogP contribution in [0.25, 0.3) is 0 Å². The van der Waals surface area contributed by atoms with E-state index in [2.05, 4.69) is 41.5 Å². The zero-order valence-corrected chi connectivity index (χ0v) is 15.4. The van der Waals surface area contributed by atoms with Crippen LogP contribution in [0.1, 0.15) is 80.1 Å². The Bertz CT molecular complexity index is 451. The molecule has 2 saturated carbocycles. The van der Waals surface area contributed by atoms with Crippen LogP contribution in [-0.4, -0.2) is 11.6 Å². The predicted molar refractivity (Wildman–Crippen MR) is 90.6 cm³/mol. The molecule has 0 radical (unpaired) electrons. The SMILES string of the molecule is CC[C@@H](C)CC(=O)[C@H]1[C@@H](C)CC(=O)[C@H]2C(C)(C)CCC[C@]12C. The predicted octanol–water partition coefficient (Wildman–Crippen LogP) is 5.05. The van der Waals surface area contributed by atoms with Gasteiger partial charge in [0.1, 0.15) is 11.6 Å². The van der Waals surface area contributed by atoms with Gasteiger partial charge in [0.15, 0.2) is 0 Å². The first-order chi connectivity index (χ1) is 10.1. The summed E-state index contributed by atoms with van der Waals surface area (Å²) >= 11 is 0. The average molecular weight is 306 g/mol. The van der Waals surface area contributed by atoms with Crippen LogP contribution in [0, 0.1) is 34.5 Å². The van der Waals surface area contributed by atoms with Crippen molar-refractivity contribution in [2.24, 2.45) is 34.5 Å². The maximum atomic E-state index is 13.0. The van der Waals surface area contributed by atoms with Crippen LogP contribution >= 0.6 is 0 Å². The molecule has 0 spiro atoms. The molecule has 2 aliphatic rings. The van der Waals surface area contributed by atoms with Crippen LogP contribution in [-0.2, 0) is 9.59 Å². The van der Waals surface area contributed by atoms with E-state index < -0.39 is 0 Å². The summed E-state index contributed by atoms with van der Waals surface area (Å²) in [6.07, 6.45) is 5.63. The molecule has 0 heterocycles. The minimum Gasteiger partial charge on any atom is -0.299 e. The fourth-order valence-electron chi connectivity index (χ4n) is 5.75. The standard InChI is InChI=1S/C20H34O2/c1-7-13(2)11-15(21)17-14(3)12-16(22)18-19(4,5)9-8-10-20(17,18)6/h13-14,17-18H,7-12H2,1-6H3/t13-,14+,17-,18+,20-/m1/s1. The maximum Gasteiger partial charge on any atom is 0.137 e. The van der Waals surface area contributed by atoms with Crippen LogP contribution in [0.4, 0.5) is 0 Å². The Labute approximate surface area is 136 Å². The van der Waals surface area contributed by atoms with E-state index in [-0.39, 0.29) is 28.6 Å². The van der Waals surface area contributed by atoms with E-state index in [1.807, 2.05) is 0 Å². The molecule has 5 atom stereocenters. The summed E-state index contributed by atoms with van der Waals surface area (Å²) in [5, 5.41) is 0. The lowest BCUT2D eigenvalue weighted by Crippen LogP contribution is -2.57. The van der Waals surface area contributed by atoms with Crippen LogP contribution in [0.2, 0.25) is 0 Å². The van der Waals surface area contributed by atoms with Crippen molar-refractivity contribution in [3.63, 3.8) is 0 Å². The highest BCUT2D eigenvalue weighted by molar-refractivity contribution is 5.89. The van der Waals surface area contributed by atoms with Gasteiger partial charge >= 0.3 is 0 Å². The van der Waals surface area contributed by atoms with Gasteiger partial charge in [-0.25, -0.2) is 0 Å². The Balaban J connectivity index is 2.36. The Morgan fingerprint density at radius 1 is 1.27 bits per heavy atom. The van der Waals surface area contributed by atoms with Crippen LogP contribution < -0.4 is 0 Å².